The van der Waals surface area contributed by atoms with Crippen LogP contribution in [0.15, 0.2) is 54.6 Å². The number of para-hydroxylation sites is 2. The van der Waals surface area contributed by atoms with E-state index in [9.17, 15) is 4.79 Å². The summed E-state index contributed by atoms with van der Waals surface area (Å²) in [6.45, 7) is 3.13. The van der Waals surface area contributed by atoms with Crippen molar-refractivity contribution in [2.24, 2.45) is 0 Å². The Kier molecular flexibility index (Phi) is 4.28. The van der Waals surface area contributed by atoms with Gasteiger partial charge in [-0.3, -0.25) is 4.79 Å². The second-order valence-corrected chi connectivity index (χ2v) is 5.38. The summed E-state index contributed by atoms with van der Waals surface area (Å²) in [6, 6.07) is 17.6. The normalized spacial score (nSPS) is 16.1. The highest BCUT2D eigenvalue weighted by atomic mass is 16.6. The Morgan fingerprint density at radius 1 is 1.09 bits per heavy atom. The van der Waals surface area contributed by atoms with E-state index in [1.807, 2.05) is 54.6 Å². The van der Waals surface area contributed by atoms with Gasteiger partial charge >= 0.3 is 0 Å². The average molecular weight is 297 g/mol. The highest BCUT2D eigenvalue weighted by molar-refractivity contribution is 5.73. The van der Waals surface area contributed by atoms with E-state index in [1.165, 1.54) is 0 Å². The summed E-state index contributed by atoms with van der Waals surface area (Å²) >= 11 is 0. The molecule has 0 bridgehead atoms. The Bertz CT molecular complexity index is 642. The van der Waals surface area contributed by atoms with Crippen LogP contribution in [0.4, 0.5) is 0 Å². The SMILES string of the molecule is CC(=O)N(Cc1ccccc1)C[C@H]1COc2ccccc2O1. The van der Waals surface area contributed by atoms with Gasteiger partial charge in [0.25, 0.3) is 0 Å². The minimum absolute atomic E-state index is 0.0336. The molecule has 4 heteroatoms. The third kappa shape index (κ3) is 3.39. The molecule has 0 aliphatic carbocycles. The molecule has 1 amide bonds. The predicted molar refractivity (Wildman–Crippen MR) is 83.9 cm³/mol. The van der Waals surface area contributed by atoms with E-state index in [1.54, 1.807) is 11.8 Å². The molecule has 0 unspecified atom stereocenters. The molecule has 0 saturated heterocycles. The van der Waals surface area contributed by atoms with Crippen molar-refractivity contribution in [2.75, 3.05) is 13.2 Å². The second kappa shape index (κ2) is 6.52. The number of nitrogens with zero attached hydrogens (tertiary/aromatic N) is 1. The van der Waals surface area contributed by atoms with E-state index < -0.39 is 0 Å². The third-order valence-corrected chi connectivity index (χ3v) is 3.65. The monoisotopic (exact) mass is 297 g/mol. The van der Waals surface area contributed by atoms with Gasteiger partial charge in [0, 0.05) is 13.5 Å². The van der Waals surface area contributed by atoms with Crippen molar-refractivity contribution in [2.45, 2.75) is 19.6 Å². The molecule has 4 nitrogen and oxygen atoms in total. The van der Waals surface area contributed by atoms with Gasteiger partial charge in [0.2, 0.25) is 5.91 Å². The Morgan fingerprint density at radius 3 is 2.50 bits per heavy atom. The Morgan fingerprint density at radius 2 is 1.77 bits per heavy atom. The summed E-state index contributed by atoms with van der Waals surface area (Å²) < 4.78 is 11.6. The standard InChI is InChI=1S/C18H19NO3/c1-14(20)19(11-15-7-3-2-4-8-15)12-16-13-21-17-9-5-6-10-18(17)22-16/h2-10,16H,11-13H2,1H3/t16-/m0/s1. The number of carbonyl (C=O) groups excluding carboxylic acids is 1. The molecule has 0 aromatic heterocycles. The molecule has 0 saturated carbocycles. The number of benzene rings is 2. The molecule has 1 aliphatic heterocycles. The van der Waals surface area contributed by atoms with Crippen LogP contribution in [0.1, 0.15) is 12.5 Å². The van der Waals surface area contributed by atoms with Crippen LogP contribution < -0.4 is 9.47 Å². The maximum absolute atomic E-state index is 11.9. The molecule has 0 fully saturated rings. The van der Waals surface area contributed by atoms with Crippen molar-refractivity contribution in [1.29, 1.82) is 0 Å². The van der Waals surface area contributed by atoms with Crippen LogP contribution in [0.2, 0.25) is 0 Å². The fourth-order valence-electron chi connectivity index (χ4n) is 2.51. The van der Waals surface area contributed by atoms with Gasteiger partial charge in [-0.2, -0.15) is 0 Å². The lowest BCUT2D eigenvalue weighted by atomic mass is 10.2. The van der Waals surface area contributed by atoms with Crippen LogP contribution in [-0.4, -0.2) is 30.1 Å². The smallest absolute Gasteiger partial charge is 0.219 e. The van der Waals surface area contributed by atoms with Crippen molar-refractivity contribution < 1.29 is 14.3 Å². The summed E-state index contributed by atoms with van der Waals surface area (Å²) in [6.07, 6.45) is -0.150. The summed E-state index contributed by atoms with van der Waals surface area (Å²) in [4.78, 5) is 13.7. The van der Waals surface area contributed by atoms with E-state index >= 15 is 0 Å². The highest BCUT2D eigenvalue weighted by Crippen LogP contribution is 2.31. The Balaban J connectivity index is 1.66. The number of amides is 1. The first-order chi connectivity index (χ1) is 10.7. The quantitative estimate of drug-likeness (QED) is 0.871. The van der Waals surface area contributed by atoms with Gasteiger partial charge in [0.15, 0.2) is 17.6 Å². The van der Waals surface area contributed by atoms with Crippen molar-refractivity contribution in [3.8, 4) is 11.5 Å². The summed E-state index contributed by atoms with van der Waals surface area (Å²) in [5, 5.41) is 0. The number of fused-ring (bicyclic) bond motifs is 1. The van der Waals surface area contributed by atoms with E-state index in [4.69, 9.17) is 9.47 Å². The second-order valence-electron chi connectivity index (χ2n) is 5.38. The largest absolute Gasteiger partial charge is 0.486 e. The van der Waals surface area contributed by atoms with Gasteiger partial charge in [-0.1, -0.05) is 42.5 Å². The lowest BCUT2D eigenvalue weighted by Crippen LogP contribution is -2.42. The van der Waals surface area contributed by atoms with Crippen LogP contribution >= 0.6 is 0 Å². The maximum atomic E-state index is 11.9. The molecule has 0 N–H and O–H groups in total. The first-order valence-electron chi connectivity index (χ1n) is 7.40. The molecule has 2 aromatic rings. The van der Waals surface area contributed by atoms with Gasteiger partial charge in [0.05, 0.1) is 6.54 Å². The van der Waals surface area contributed by atoms with E-state index in [-0.39, 0.29) is 12.0 Å². The molecule has 0 radical (unpaired) electrons. The van der Waals surface area contributed by atoms with Gasteiger partial charge in [-0.25, -0.2) is 0 Å². The fraction of sp³-hybridized carbons (Fsp3) is 0.278. The average Bonchev–Trinajstić information content (AvgIpc) is 2.55. The minimum atomic E-state index is -0.150. The third-order valence-electron chi connectivity index (χ3n) is 3.65. The van der Waals surface area contributed by atoms with Crippen molar-refractivity contribution >= 4 is 5.91 Å². The molecule has 0 spiro atoms. The molecule has 114 valence electrons. The minimum Gasteiger partial charge on any atom is -0.486 e. The zero-order chi connectivity index (χ0) is 15.4. The van der Waals surface area contributed by atoms with Gasteiger partial charge in [-0.05, 0) is 17.7 Å². The Hall–Kier alpha value is -2.49. The maximum Gasteiger partial charge on any atom is 0.219 e. The molecule has 1 heterocycles. The summed E-state index contributed by atoms with van der Waals surface area (Å²) in [7, 11) is 0. The molecule has 1 aliphatic rings. The fourth-order valence-corrected chi connectivity index (χ4v) is 2.51. The van der Waals surface area contributed by atoms with Crippen LogP contribution in [0.3, 0.4) is 0 Å². The molecule has 22 heavy (non-hydrogen) atoms. The summed E-state index contributed by atoms with van der Waals surface area (Å²) in [5.41, 5.74) is 1.11. The van der Waals surface area contributed by atoms with Crippen LogP contribution in [-0.2, 0) is 11.3 Å². The first kappa shape index (κ1) is 14.4. The van der Waals surface area contributed by atoms with Crippen LogP contribution in [0.5, 0.6) is 11.5 Å². The van der Waals surface area contributed by atoms with Gasteiger partial charge < -0.3 is 14.4 Å². The van der Waals surface area contributed by atoms with E-state index in [2.05, 4.69) is 0 Å². The summed E-state index contributed by atoms with van der Waals surface area (Å²) in [5.74, 6) is 1.53. The lowest BCUT2D eigenvalue weighted by molar-refractivity contribution is -0.131. The number of hydrogen-bond donors (Lipinski definition) is 0. The van der Waals surface area contributed by atoms with E-state index in [0.29, 0.717) is 19.7 Å². The zero-order valence-corrected chi connectivity index (χ0v) is 12.6. The molecular formula is C18H19NO3. The molecule has 2 aromatic carbocycles. The first-order valence-corrected chi connectivity index (χ1v) is 7.40. The van der Waals surface area contributed by atoms with E-state index in [0.717, 1.165) is 17.1 Å². The van der Waals surface area contributed by atoms with Gasteiger partial charge in [-0.15, -0.1) is 0 Å². The van der Waals surface area contributed by atoms with Crippen molar-refractivity contribution in [1.82, 2.24) is 4.90 Å². The number of carbonyl (C=O) groups is 1. The van der Waals surface area contributed by atoms with Crippen LogP contribution in [0.25, 0.3) is 0 Å². The molecular weight excluding hydrogens is 278 g/mol. The predicted octanol–water partition coefficient (Wildman–Crippen LogP) is 2.88. The molecule has 1 atom stereocenters. The zero-order valence-electron chi connectivity index (χ0n) is 12.6. The lowest BCUT2D eigenvalue weighted by Gasteiger charge is -2.31. The van der Waals surface area contributed by atoms with Crippen LogP contribution in [0, 0.1) is 0 Å². The molecule has 3 rings (SSSR count). The number of ether oxygens (including phenoxy) is 2. The topological polar surface area (TPSA) is 38.8 Å². The Labute approximate surface area is 130 Å². The van der Waals surface area contributed by atoms with Crippen molar-refractivity contribution in [3.05, 3.63) is 60.2 Å². The van der Waals surface area contributed by atoms with Crippen molar-refractivity contribution in [3.63, 3.8) is 0 Å². The highest BCUT2D eigenvalue weighted by Gasteiger charge is 2.24. The number of hydrogen-bond acceptors (Lipinski definition) is 3. The number of rotatable bonds is 4. The van der Waals surface area contributed by atoms with Gasteiger partial charge in [0.1, 0.15) is 6.61 Å².